The molecule has 0 saturated carbocycles. The number of carbonyl (C=O) groups is 1. The summed E-state index contributed by atoms with van der Waals surface area (Å²) in [6.07, 6.45) is 1.50. The van der Waals surface area contributed by atoms with Crippen LogP contribution in [-0.2, 0) is 11.2 Å². The first kappa shape index (κ1) is 15.8. The monoisotopic (exact) mass is 361 g/mol. The summed E-state index contributed by atoms with van der Waals surface area (Å²) in [6.45, 7) is 1.95. The fourth-order valence-electron chi connectivity index (χ4n) is 3.07. The maximum Gasteiger partial charge on any atom is 0.231 e. The van der Waals surface area contributed by atoms with E-state index in [0.717, 1.165) is 41.6 Å². The molecule has 2 aliphatic heterocycles. The lowest BCUT2D eigenvalue weighted by atomic mass is 10.1. The molecular weight excluding hydrogens is 342 g/mol. The summed E-state index contributed by atoms with van der Waals surface area (Å²) in [5.41, 5.74) is 1.26. The van der Waals surface area contributed by atoms with Crippen molar-refractivity contribution in [2.75, 3.05) is 25.6 Å². The Morgan fingerprint density at radius 2 is 2.12 bits per heavy atom. The van der Waals surface area contributed by atoms with E-state index < -0.39 is 0 Å². The van der Waals surface area contributed by atoms with Gasteiger partial charge in [0, 0.05) is 29.0 Å². The highest BCUT2D eigenvalue weighted by atomic mass is 32.2. The van der Waals surface area contributed by atoms with Gasteiger partial charge in [0.05, 0.1) is 6.42 Å². The van der Waals surface area contributed by atoms with Gasteiger partial charge in [-0.05, 0) is 35.6 Å². The van der Waals surface area contributed by atoms with Crippen molar-refractivity contribution in [1.82, 2.24) is 4.90 Å². The number of ether oxygens (including phenoxy) is 2. The third-order valence-electron chi connectivity index (χ3n) is 4.37. The van der Waals surface area contributed by atoms with Crippen LogP contribution in [-0.4, -0.2) is 36.4 Å². The second kappa shape index (κ2) is 7.07. The van der Waals surface area contributed by atoms with Crippen molar-refractivity contribution in [2.45, 2.75) is 18.1 Å². The molecule has 4 rings (SSSR count). The molecule has 0 radical (unpaired) electrons. The van der Waals surface area contributed by atoms with Crippen molar-refractivity contribution >= 4 is 29.0 Å². The van der Waals surface area contributed by atoms with Crippen molar-refractivity contribution in [2.24, 2.45) is 0 Å². The lowest BCUT2D eigenvalue weighted by Gasteiger charge is -2.20. The highest BCUT2D eigenvalue weighted by Gasteiger charge is 2.24. The van der Waals surface area contributed by atoms with E-state index in [0.29, 0.717) is 18.5 Å². The molecule has 126 valence electrons. The Bertz CT molecular complexity index is 717. The van der Waals surface area contributed by atoms with Crippen molar-refractivity contribution in [3.63, 3.8) is 0 Å². The number of hydrogen-bond donors (Lipinski definition) is 0. The summed E-state index contributed by atoms with van der Waals surface area (Å²) in [4.78, 5) is 15.7. The van der Waals surface area contributed by atoms with Gasteiger partial charge in [0.1, 0.15) is 0 Å². The number of thioether (sulfide) groups is 1. The van der Waals surface area contributed by atoms with Crippen LogP contribution in [0.5, 0.6) is 11.5 Å². The molecule has 2 aromatic rings. The molecule has 0 N–H and O–H groups in total. The minimum absolute atomic E-state index is 0.240. The zero-order valence-corrected chi connectivity index (χ0v) is 14.9. The Labute approximate surface area is 149 Å². The molecular formula is C18H19NO3S2. The van der Waals surface area contributed by atoms with Gasteiger partial charge in [-0.1, -0.05) is 12.1 Å². The average Bonchev–Trinajstić information content (AvgIpc) is 3.20. The predicted octanol–water partition coefficient (Wildman–Crippen LogP) is 3.73. The number of fused-ring (bicyclic) bond motifs is 1. The van der Waals surface area contributed by atoms with Crippen LogP contribution in [0.15, 0.2) is 35.7 Å². The number of benzene rings is 1. The van der Waals surface area contributed by atoms with Gasteiger partial charge in [0.25, 0.3) is 0 Å². The van der Waals surface area contributed by atoms with E-state index in [1.807, 2.05) is 40.2 Å². The van der Waals surface area contributed by atoms with Crippen LogP contribution in [0.25, 0.3) is 0 Å². The number of carbonyl (C=O) groups excluding carboxylic acids is 1. The lowest BCUT2D eigenvalue weighted by molar-refractivity contribution is -0.130. The molecule has 6 heteroatoms. The Kier molecular flexibility index (Phi) is 4.67. The van der Waals surface area contributed by atoms with Gasteiger partial charge in [-0.3, -0.25) is 4.79 Å². The van der Waals surface area contributed by atoms with E-state index in [-0.39, 0.29) is 5.91 Å². The Balaban J connectivity index is 1.40. The first-order valence-corrected chi connectivity index (χ1v) is 10.0. The third-order valence-corrected chi connectivity index (χ3v) is 6.57. The van der Waals surface area contributed by atoms with Gasteiger partial charge in [-0.2, -0.15) is 11.8 Å². The first-order valence-electron chi connectivity index (χ1n) is 8.11. The Hall–Kier alpha value is -1.66. The molecule has 0 spiro atoms. The Morgan fingerprint density at radius 3 is 3.00 bits per heavy atom. The van der Waals surface area contributed by atoms with Crippen LogP contribution in [0.4, 0.5) is 0 Å². The van der Waals surface area contributed by atoms with Crippen molar-refractivity contribution in [3.8, 4) is 11.5 Å². The van der Waals surface area contributed by atoms with Crippen molar-refractivity contribution in [3.05, 3.63) is 46.2 Å². The maximum atomic E-state index is 12.5. The van der Waals surface area contributed by atoms with Crippen LogP contribution in [0, 0.1) is 0 Å². The molecule has 1 amide bonds. The van der Waals surface area contributed by atoms with Crippen LogP contribution in [0.3, 0.4) is 0 Å². The highest BCUT2D eigenvalue weighted by Crippen LogP contribution is 2.40. The molecule has 2 aliphatic rings. The number of nitrogens with zero attached hydrogens (tertiary/aromatic N) is 1. The predicted molar refractivity (Wildman–Crippen MR) is 97.0 cm³/mol. The van der Waals surface area contributed by atoms with E-state index in [2.05, 4.69) is 12.1 Å². The molecule has 3 heterocycles. The van der Waals surface area contributed by atoms with Crippen LogP contribution < -0.4 is 9.47 Å². The SMILES string of the molecule is O=C(Cc1cccs1)N1CCSC(c2ccc3c(c2)OCO3)CC1. The largest absolute Gasteiger partial charge is 0.454 e. The smallest absolute Gasteiger partial charge is 0.231 e. The quantitative estimate of drug-likeness (QED) is 0.835. The zero-order chi connectivity index (χ0) is 16.4. The molecule has 1 atom stereocenters. The van der Waals surface area contributed by atoms with E-state index in [9.17, 15) is 4.79 Å². The van der Waals surface area contributed by atoms with E-state index in [1.165, 1.54) is 5.56 Å². The summed E-state index contributed by atoms with van der Waals surface area (Å²) < 4.78 is 10.9. The first-order chi connectivity index (χ1) is 11.8. The lowest BCUT2D eigenvalue weighted by Crippen LogP contribution is -2.33. The maximum absolute atomic E-state index is 12.5. The minimum Gasteiger partial charge on any atom is -0.454 e. The molecule has 1 fully saturated rings. The van der Waals surface area contributed by atoms with Crippen molar-refractivity contribution in [1.29, 1.82) is 0 Å². The van der Waals surface area contributed by atoms with Crippen molar-refractivity contribution < 1.29 is 14.3 Å². The molecule has 1 aromatic carbocycles. The van der Waals surface area contributed by atoms with Crippen LogP contribution in [0.2, 0.25) is 0 Å². The van der Waals surface area contributed by atoms with E-state index in [4.69, 9.17) is 9.47 Å². The normalized spacial score (nSPS) is 20.0. The molecule has 1 saturated heterocycles. The standard InChI is InChI=1S/C18H19NO3S2/c20-18(11-14-2-1-8-23-14)19-6-5-17(24-9-7-19)13-3-4-15-16(10-13)22-12-21-15/h1-4,8,10,17H,5-7,9,11-12H2. The van der Waals surface area contributed by atoms with Crippen LogP contribution in [0.1, 0.15) is 22.1 Å². The summed E-state index contributed by atoms with van der Waals surface area (Å²) in [5, 5.41) is 2.43. The molecule has 0 aliphatic carbocycles. The molecule has 0 bridgehead atoms. The zero-order valence-electron chi connectivity index (χ0n) is 13.3. The minimum atomic E-state index is 0.240. The second-order valence-corrected chi connectivity index (χ2v) is 8.24. The average molecular weight is 361 g/mol. The number of rotatable bonds is 3. The van der Waals surface area contributed by atoms with E-state index in [1.54, 1.807) is 11.3 Å². The molecule has 1 aromatic heterocycles. The number of thiophene rings is 1. The summed E-state index contributed by atoms with van der Waals surface area (Å²) in [7, 11) is 0. The summed E-state index contributed by atoms with van der Waals surface area (Å²) in [6, 6.07) is 10.2. The van der Waals surface area contributed by atoms with Gasteiger partial charge in [-0.25, -0.2) is 0 Å². The van der Waals surface area contributed by atoms with Gasteiger partial charge in [-0.15, -0.1) is 11.3 Å². The second-order valence-electron chi connectivity index (χ2n) is 5.90. The van der Waals surface area contributed by atoms with Crippen LogP contribution >= 0.6 is 23.1 Å². The Morgan fingerprint density at radius 1 is 1.21 bits per heavy atom. The third kappa shape index (κ3) is 3.39. The molecule has 1 unspecified atom stereocenters. The van der Waals surface area contributed by atoms with E-state index >= 15 is 0 Å². The highest BCUT2D eigenvalue weighted by molar-refractivity contribution is 7.99. The van der Waals surface area contributed by atoms with Gasteiger partial charge in [0.15, 0.2) is 11.5 Å². The van der Waals surface area contributed by atoms with Gasteiger partial charge < -0.3 is 14.4 Å². The van der Waals surface area contributed by atoms with Gasteiger partial charge >= 0.3 is 0 Å². The fourth-order valence-corrected chi connectivity index (χ4v) is 4.99. The number of amides is 1. The molecule has 4 nitrogen and oxygen atoms in total. The fraction of sp³-hybridized carbons (Fsp3) is 0.389. The van der Waals surface area contributed by atoms with Gasteiger partial charge in [0.2, 0.25) is 12.7 Å². The molecule has 24 heavy (non-hydrogen) atoms. The summed E-state index contributed by atoms with van der Waals surface area (Å²) >= 11 is 3.57. The topological polar surface area (TPSA) is 38.8 Å². The number of hydrogen-bond acceptors (Lipinski definition) is 5. The summed E-state index contributed by atoms with van der Waals surface area (Å²) in [5.74, 6) is 2.87.